The predicted octanol–water partition coefficient (Wildman–Crippen LogP) is 5.83. The third kappa shape index (κ3) is 6.48. The van der Waals surface area contributed by atoms with Crippen LogP contribution in [0.2, 0.25) is 0 Å². The minimum atomic E-state index is -4.87. The third-order valence-electron chi connectivity index (χ3n) is 6.21. The van der Waals surface area contributed by atoms with E-state index in [1.54, 1.807) is 12.1 Å². The Labute approximate surface area is 196 Å². The molecule has 2 N–H and O–H groups in total. The van der Waals surface area contributed by atoms with Crippen LogP contribution in [0.3, 0.4) is 0 Å². The van der Waals surface area contributed by atoms with Crippen molar-refractivity contribution in [1.29, 1.82) is 5.26 Å². The topological polar surface area (TPSA) is 76.4 Å². The van der Waals surface area contributed by atoms with Gasteiger partial charge in [-0.2, -0.15) is 18.4 Å². The molecule has 2 amide bonds. The second-order valence-electron chi connectivity index (χ2n) is 8.61. The molecule has 2 aromatic carbocycles. The number of urea groups is 1. The minimum absolute atomic E-state index is 0.0236. The van der Waals surface area contributed by atoms with Gasteiger partial charge in [0.2, 0.25) is 0 Å². The van der Waals surface area contributed by atoms with Crippen molar-refractivity contribution in [3.63, 3.8) is 0 Å². The zero-order valence-electron chi connectivity index (χ0n) is 18.7. The molecule has 0 saturated heterocycles. The molecule has 1 fully saturated rings. The summed E-state index contributed by atoms with van der Waals surface area (Å²) in [7, 11) is 0. The molecule has 0 bridgehead atoms. The molecule has 0 aliphatic heterocycles. The van der Waals surface area contributed by atoms with Gasteiger partial charge in [-0.1, -0.05) is 12.1 Å². The Morgan fingerprint density at radius 2 is 1.76 bits per heavy atom. The number of nitrogens with one attached hydrogen (secondary N) is 1. The fourth-order valence-electron chi connectivity index (χ4n) is 4.09. The summed E-state index contributed by atoms with van der Waals surface area (Å²) in [5, 5.41) is 20.5. The number of halogens is 4. The van der Waals surface area contributed by atoms with Crippen molar-refractivity contribution in [2.45, 2.75) is 50.1 Å². The maximum atomic E-state index is 13.6. The van der Waals surface area contributed by atoms with E-state index in [2.05, 4.69) is 11.4 Å². The second-order valence-corrected chi connectivity index (χ2v) is 8.61. The number of alkyl halides is 3. The normalized spacial score (nSPS) is 14.4. The quantitative estimate of drug-likeness (QED) is 0.334. The van der Waals surface area contributed by atoms with E-state index in [4.69, 9.17) is 10.4 Å². The summed E-state index contributed by atoms with van der Waals surface area (Å²) in [6.45, 7) is 0.705. The zero-order chi connectivity index (χ0) is 24.8. The monoisotopic (exact) mass is 477 g/mol. The van der Waals surface area contributed by atoms with Gasteiger partial charge in [0.1, 0.15) is 5.82 Å². The van der Waals surface area contributed by atoms with Gasteiger partial charge in [0, 0.05) is 25.4 Å². The van der Waals surface area contributed by atoms with Gasteiger partial charge in [-0.3, -0.25) is 0 Å². The van der Waals surface area contributed by atoms with Crippen molar-refractivity contribution < 1.29 is 27.5 Å². The number of anilines is 1. The number of unbranched alkanes of at least 4 members (excludes halogenated alkanes) is 1. The van der Waals surface area contributed by atoms with Crippen LogP contribution in [-0.4, -0.2) is 35.7 Å². The Morgan fingerprint density at radius 1 is 1.09 bits per heavy atom. The van der Waals surface area contributed by atoms with Crippen molar-refractivity contribution >= 4 is 11.7 Å². The molecule has 3 rings (SSSR count). The summed E-state index contributed by atoms with van der Waals surface area (Å²) in [5.74, 6) is -1.40. The second kappa shape index (κ2) is 10.9. The SMILES string of the molecule is N#Cc1ccc(C2(CCCN(CCCCO)C(=O)Nc3ccc(F)c(C(F)(F)F)c3)CC2)cc1. The smallest absolute Gasteiger partial charge is 0.396 e. The van der Waals surface area contributed by atoms with Crippen molar-refractivity contribution in [1.82, 2.24) is 4.90 Å². The number of benzene rings is 2. The first-order chi connectivity index (χ1) is 16.2. The number of amides is 2. The first-order valence-electron chi connectivity index (χ1n) is 11.2. The zero-order valence-corrected chi connectivity index (χ0v) is 18.7. The average molecular weight is 478 g/mol. The molecule has 0 unspecified atom stereocenters. The van der Waals surface area contributed by atoms with Crippen molar-refractivity contribution in [2.24, 2.45) is 0 Å². The molecule has 1 aliphatic carbocycles. The molecule has 0 aromatic heterocycles. The summed E-state index contributed by atoms with van der Waals surface area (Å²) in [4.78, 5) is 14.3. The van der Waals surface area contributed by atoms with Gasteiger partial charge in [0.25, 0.3) is 0 Å². The van der Waals surface area contributed by atoms with Crippen LogP contribution in [0.25, 0.3) is 0 Å². The molecule has 0 atom stereocenters. The fourth-order valence-corrected chi connectivity index (χ4v) is 4.09. The van der Waals surface area contributed by atoms with Gasteiger partial charge in [-0.15, -0.1) is 0 Å². The number of rotatable bonds is 10. The molecule has 34 heavy (non-hydrogen) atoms. The van der Waals surface area contributed by atoms with Crippen LogP contribution in [0, 0.1) is 17.1 Å². The lowest BCUT2D eigenvalue weighted by molar-refractivity contribution is -0.139. The molecular formula is C25H27F4N3O2. The lowest BCUT2D eigenvalue weighted by Gasteiger charge is -2.25. The summed E-state index contributed by atoms with van der Waals surface area (Å²) in [6, 6.07) is 11.4. The van der Waals surface area contributed by atoms with Crippen molar-refractivity contribution in [3.05, 3.63) is 65.0 Å². The number of hydrogen-bond acceptors (Lipinski definition) is 3. The highest BCUT2D eigenvalue weighted by Crippen LogP contribution is 2.51. The molecule has 182 valence electrons. The Bertz CT molecular complexity index is 1030. The Kier molecular flexibility index (Phi) is 8.15. The van der Waals surface area contributed by atoms with Crippen molar-refractivity contribution in [3.8, 4) is 6.07 Å². The van der Waals surface area contributed by atoms with Crippen LogP contribution in [0.1, 0.15) is 55.2 Å². The third-order valence-corrected chi connectivity index (χ3v) is 6.21. The Morgan fingerprint density at radius 3 is 2.35 bits per heavy atom. The van der Waals surface area contributed by atoms with Crippen LogP contribution in [0.5, 0.6) is 0 Å². The molecule has 0 spiro atoms. The van der Waals surface area contributed by atoms with Gasteiger partial charge in [-0.05, 0) is 79.8 Å². The molecular weight excluding hydrogens is 450 g/mol. The van der Waals surface area contributed by atoms with E-state index < -0.39 is 23.6 Å². The molecule has 1 saturated carbocycles. The van der Waals surface area contributed by atoms with Crippen LogP contribution in [-0.2, 0) is 11.6 Å². The molecule has 2 aromatic rings. The van der Waals surface area contributed by atoms with E-state index in [1.165, 1.54) is 4.90 Å². The molecule has 5 nitrogen and oxygen atoms in total. The van der Waals surface area contributed by atoms with Gasteiger partial charge < -0.3 is 15.3 Å². The number of aliphatic hydroxyl groups is 1. The highest BCUT2D eigenvalue weighted by atomic mass is 19.4. The predicted molar refractivity (Wildman–Crippen MR) is 120 cm³/mol. The highest BCUT2D eigenvalue weighted by Gasteiger charge is 2.43. The number of carbonyl (C=O) groups is 1. The molecule has 0 heterocycles. The lowest BCUT2D eigenvalue weighted by atomic mass is 9.90. The highest BCUT2D eigenvalue weighted by molar-refractivity contribution is 5.89. The van der Waals surface area contributed by atoms with Crippen LogP contribution in [0.4, 0.5) is 28.0 Å². The summed E-state index contributed by atoms with van der Waals surface area (Å²) in [6.07, 6.45) is -0.274. The lowest BCUT2D eigenvalue weighted by Crippen LogP contribution is -2.37. The van der Waals surface area contributed by atoms with Crippen molar-refractivity contribution in [2.75, 3.05) is 25.0 Å². The van der Waals surface area contributed by atoms with Crippen LogP contribution in [0.15, 0.2) is 42.5 Å². The number of carbonyl (C=O) groups excluding carboxylic acids is 1. The molecule has 1 aliphatic rings. The summed E-state index contributed by atoms with van der Waals surface area (Å²) in [5.41, 5.74) is 0.215. The van der Waals surface area contributed by atoms with E-state index in [1.807, 2.05) is 12.1 Å². The molecule has 0 radical (unpaired) electrons. The van der Waals surface area contributed by atoms with E-state index in [0.29, 0.717) is 50.0 Å². The van der Waals surface area contributed by atoms with E-state index >= 15 is 0 Å². The van der Waals surface area contributed by atoms with Gasteiger partial charge >= 0.3 is 12.2 Å². The summed E-state index contributed by atoms with van der Waals surface area (Å²) < 4.78 is 52.5. The standard InChI is InChI=1S/C25H27F4N3O2/c26-22-9-8-20(16-21(22)25(27,28)29)31-23(34)32(13-1-2-15-33)14-3-10-24(11-12-24)19-6-4-18(17-30)5-7-19/h4-9,16,33H,1-3,10-15H2,(H,31,34). The first-order valence-corrected chi connectivity index (χ1v) is 11.2. The van der Waals surface area contributed by atoms with Gasteiger partial charge in [-0.25, -0.2) is 9.18 Å². The van der Waals surface area contributed by atoms with Crippen LogP contribution >= 0.6 is 0 Å². The van der Waals surface area contributed by atoms with Crippen LogP contribution < -0.4 is 5.32 Å². The van der Waals surface area contributed by atoms with E-state index in [-0.39, 0.29) is 17.7 Å². The Balaban J connectivity index is 1.63. The first kappa shape index (κ1) is 25.5. The number of nitriles is 1. The maximum absolute atomic E-state index is 13.6. The van der Waals surface area contributed by atoms with E-state index in [9.17, 15) is 22.4 Å². The number of hydrogen-bond donors (Lipinski definition) is 2. The van der Waals surface area contributed by atoms with Gasteiger partial charge in [0.05, 0.1) is 17.2 Å². The summed E-state index contributed by atoms with van der Waals surface area (Å²) >= 11 is 0. The fraction of sp³-hybridized carbons (Fsp3) is 0.440. The average Bonchev–Trinajstić information content (AvgIpc) is 3.59. The minimum Gasteiger partial charge on any atom is -0.396 e. The number of aliphatic hydroxyl groups excluding tert-OH is 1. The molecule has 9 heteroatoms. The number of nitrogens with zero attached hydrogens (tertiary/aromatic N) is 2. The Hall–Kier alpha value is -3.12. The van der Waals surface area contributed by atoms with E-state index in [0.717, 1.165) is 30.9 Å². The maximum Gasteiger partial charge on any atom is 0.419 e. The van der Waals surface area contributed by atoms with Gasteiger partial charge in [0.15, 0.2) is 0 Å². The largest absolute Gasteiger partial charge is 0.419 e.